The fourth-order valence-electron chi connectivity index (χ4n) is 4.59. The Balaban J connectivity index is 1.36. The highest BCUT2D eigenvalue weighted by Gasteiger charge is 2.25. The summed E-state index contributed by atoms with van der Waals surface area (Å²) < 4.78 is 15.6. The molecule has 6 heteroatoms. The van der Waals surface area contributed by atoms with Crippen LogP contribution in [0, 0.1) is 12.7 Å². The SMILES string of the molecule is Cc1cc(-c2cc(-c3ccccc3)n(CC(=O)N3CCC(c4ccccn4)CC3)n2)ccc1F. The standard InChI is InChI=1S/C28H27FN4O/c1-20-17-23(10-11-24(20)29)26-18-27(22-7-3-2-4-8-22)33(31-26)19-28(34)32-15-12-21(13-16-32)25-9-5-6-14-30-25/h2-11,14,17-18,21H,12-13,15-16,19H2,1H3. The molecule has 34 heavy (non-hydrogen) atoms. The summed E-state index contributed by atoms with van der Waals surface area (Å²) in [6.07, 6.45) is 3.65. The van der Waals surface area contributed by atoms with Crippen LogP contribution in [-0.2, 0) is 11.3 Å². The number of likely N-dealkylation sites (tertiary alicyclic amines) is 1. The number of amides is 1. The summed E-state index contributed by atoms with van der Waals surface area (Å²) >= 11 is 0. The maximum absolute atomic E-state index is 13.8. The van der Waals surface area contributed by atoms with Gasteiger partial charge in [-0.15, -0.1) is 0 Å². The summed E-state index contributed by atoms with van der Waals surface area (Å²) in [5.41, 5.74) is 5.09. The highest BCUT2D eigenvalue weighted by atomic mass is 19.1. The van der Waals surface area contributed by atoms with Crippen LogP contribution in [0.15, 0.2) is 79.0 Å². The molecule has 3 heterocycles. The molecule has 1 aliphatic heterocycles. The van der Waals surface area contributed by atoms with Crippen molar-refractivity contribution >= 4 is 5.91 Å². The van der Waals surface area contributed by atoms with Crippen LogP contribution in [0.2, 0.25) is 0 Å². The predicted octanol–water partition coefficient (Wildman–Crippen LogP) is 5.47. The van der Waals surface area contributed by atoms with Crippen LogP contribution in [0.5, 0.6) is 0 Å². The van der Waals surface area contributed by atoms with E-state index in [9.17, 15) is 9.18 Å². The molecule has 0 aliphatic carbocycles. The van der Waals surface area contributed by atoms with E-state index in [0.29, 0.717) is 24.6 Å². The molecule has 0 N–H and O–H groups in total. The van der Waals surface area contributed by atoms with Gasteiger partial charge < -0.3 is 4.90 Å². The maximum Gasteiger partial charge on any atom is 0.244 e. The van der Waals surface area contributed by atoms with Gasteiger partial charge in [0.05, 0.1) is 11.4 Å². The largest absolute Gasteiger partial charge is 0.341 e. The van der Waals surface area contributed by atoms with E-state index in [1.54, 1.807) is 23.7 Å². The van der Waals surface area contributed by atoms with Crippen molar-refractivity contribution < 1.29 is 9.18 Å². The van der Waals surface area contributed by atoms with E-state index in [4.69, 9.17) is 5.10 Å². The third-order valence-electron chi connectivity index (χ3n) is 6.54. The third-order valence-corrected chi connectivity index (χ3v) is 6.54. The molecule has 0 spiro atoms. The lowest BCUT2D eigenvalue weighted by Crippen LogP contribution is -2.40. The monoisotopic (exact) mass is 454 g/mol. The molecule has 172 valence electrons. The summed E-state index contributed by atoms with van der Waals surface area (Å²) in [5, 5.41) is 4.76. The summed E-state index contributed by atoms with van der Waals surface area (Å²) in [6.45, 7) is 3.34. The molecule has 0 radical (unpaired) electrons. The second-order valence-electron chi connectivity index (χ2n) is 8.81. The minimum atomic E-state index is -0.240. The molecule has 1 fully saturated rings. The van der Waals surface area contributed by atoms with Gasteiger partial charge in [-0.25, -0.2) is 4.39 Å². The number of hydrogen-bond donors (Lipinski definition) is 0. The number of carbonyl (C=O) groups is 1. The van der Waals surface area contributed by atoms with Gasteiger partial charge in [0.25, 0.3) is 0 Å². The molecule has 1 amide bonds. The Morgan fingerprint density at radius 2 is 1.74 bits per heavy atom. The number of carbonyl (C=O) groups excluding carboxylic acids is 1. The first-order valence-corrected chi connectivity index (χ1v) is 11.7. The average Bonchev–Trinajstić information content (AvgIpc) is 3.30. The molecule has 0 unspecified atom stereocenters. The number of hydrogen-bond acceptors (Lipinski definition) is 3. The van der Waals surface area contributed by atoms with Gasteiger partial charge in [0, 0.05) is 36.5 Å². The van der Waals surface area contributed by atoms with Gasteiger partial charge in [-0.2, -0.15) is 5.10 Å². The van der Waals surface area contributed by atoms with E-state index in [1.807, 2.05) is 59.6 Å². The molecule has 5 rings (SSSR count). The lowest BCUT2D eigenvalue weighted by atomic mass is 9.93. The van der Waals surface area contributed by atoms with E-state index in [0.717, 1.165) is 41.1 Å². The number of aryl methyl sites for hydroxylation is 1. The second kappa shape index (κ2) is 9.59. The van der Waals surface area contributed by atoms with Gasteiger partial charge in [-0.1, -0.05) is 36.4 Å². The summed E-state index contributed by atoms with van der Waals surface area (Å²) in [7, 11) is 0. The van der Waals surface area contributed by atoms with Crippen LogP contribution in [0.25, 0.3) is 22.5 Å². The van der Waals surface area contributed by atoms with E-state index in [-0.39, 0.29) is 18.3 Å². The van der Waals surface area contributed by atoms with Gasteiger partial charge in [0.1, 0.15) is 12.4 Å². The molecule has 4 aromatic rings. The number of aromatic nitrogens is 3. The maximum atomic E-state index is 13.8. The lowest BCUT2D eigenvalue weighted by Gasteiger charge is -2.31. The Morgan fingerprint density at radius 3 is 2.44 bits per heavy atom. The average molecular weight is 455 g/mol. The Morgan fingerprint density at radius 1 is 0.971 bits per heavy atom. The fraction of sp³-hybridized carbons (Fsp3) is 0.250. The molecule has 0 bridgehead atoms. The van der Waals surface area contributed by atoms with E-state index < -0.39 is 0 Å². The fourth-order valence-corrected chi connectivity index (χ4v) is 4.59. The molecule has 2 aromatic heterocycles. The zero-order chi connectivity index (χ0) is 23.5. The van der Waals surface area contributed by atoms with Crippen molar-refractivity contribution in [1.82, 2.24) is 19.7 Å². The topological polar surface area (TPSA) is 51.0 Å². The van der Waals surface area contributed by atoms with E-state index in [1.165, 1.54) is 6.07 Å². The van der Waals surface area contributed by atoms with E-state index >= 15 is 0 Å². The van der Waals surface area contributed by atoms with Gasteiger partial charge in [-0.05, 0) is 67.3 Å². The second-order valence-corrected chi connectivity index (χ2v) is 8.81. The number of pyridine rings is 1. The van der Waals surface area contributed by atoms with Crippen LogP contribution >= 0.6 is 0 Å². The first-order valence-electron chi connectivity index (χ1n) is 11.7. The number of rotatable bonds is 5. The van der Waals surface area contributed by atoms with Crippen molar-refractivity contribution in [3.63, 3.8) is 0 Å². The van der Waals surface area contributed by atoms with Gasteiger partial charge in [0.15, 0.2) is 0 Å². The number of benzene rings is 2. The first-order chi connectivity index (χ1) is 16.6. The van der Waals surface area contributed by atoms with Crippen LogP contribution in [0.4, 0.5) is 4.39 Å². The van der Waals surface area contributed by atoms with Crippen molar-refractivity contribution in [3.8, 4) is 22.5 Å². The van der Waals surface area contributed by atoms with Gasteiger partial charge in [0.2, 0.25) is 5.91 Å². The highest BCUT2D eigenvalue weighted by molar-refractivity contribution is 5.78. The highest BCUT2D eigenvalue weighted by Crippen LogP contribution is 2.29. The van der Waals surface area contributed by atoms with Crippen molar-refractivity contribution in [2.45, 2.75) is 32.2 Å². The third kappa shape index (κ3) is 4.62. The molecule has 0 atom stereocenters. The normalized spacial score (nSPS) is 14.4. The number of nitrogens with zero attached hydrogens (tertiary/aromatic N) is 4. The number of halogens is 1. The first kappa shape index (κ1) is 22.0. The predicted molar refractivity (Wildman–Crippen MR) is 131 cm³/mol. The Bertz CT molecular complexity index is 1280. The molecule has 1 saturated heterocycles. The molecule has 0 saturated carbocycles. The van der Waals surface area contributed by atoms with Crippen LogP contribution in [-0.4, -0.2) is 38.7 Å². The smallest absolute Gasteiger partial charge is 0.244 e. The van der Waals surface area contributed by atoms with Crippen LogP contribution in [0.1, 0.15) is 30.0 Å². The zero-order valence-electron chi connectivity index (χ0n) is 19.2. The minimum absolute atomic E-state index is 0.0570. The Labute approximate surface area is 198 Å². The summed E-state index contributed by atoms with van der Waals surface area (Å²) in [4.78, 5) is 19.7. The van der Waals surface area contributed by atoms with Crippen molar-refractivity contribution in [1.29, 1.82) is 0 Å². The lowest BCUT2D eigenvalue weighted by molar-refractivity contribution is -0.133. The van der Waals surface area contributed by atoms with Crippen LogP contribution in [0.3, 0.4) is 0 Å². The van der Waals surface area contributed by atoms with Crippen molar-refractivity contribution in [2.75, 3.05) is 13.1 Å². The molecular formula is C28H27FN4O. The zero-order valence-corrected chi connectivity index (χ0v) is 19.2. The number of piperidine rings is 1. The van der Waals surface area contributed by atoms with Crippen molar-refractivity contribution in [2.24, 2.45) is 0 Å². The molecule has 1 aliphatic rings. The Kier molecular flexibility index (Phi) is 6.21. The summed E-state index contributed by atoms with van der Waals surface area (Å²) in [5.74, 6) is 0.209. The molecular weight excluding hydrogens is 427 g/mol. The van der Waals surface area contributed by atoms with Gasteiger partial charge >= 0.3 is 0 Å². The van der Waals surface area contributed by atoms with Crippen molar-refractivity contribution in [3.05, 3.63) is 96.1 Å². The van der Waals surface area contributed by atoms with E-state index in [2.05, 4.69) is 11.1 Å². The molecule has 2 aromatic carbocycles. The quantitative estimate of drug-likeness (QED) is 0.402. The summed E-state index contributed by atoms with van der Waals surface area (Å²) in [6, 6.07) is 22.9. The Hall–Kier alpha value is -3.80. The molecule has 5 nitrogen and oxygen atoms in total. The van der Waals surface area contributed by atoms with Gasteiger partial charge in [-0.3, -0.25) is 14.5 Å². The minimum Gasteiger partial charge on any atom is -0.341 e. The van der Waals surface area contributed by atoms with Crippen LogP contribution < -0.4 is 0 Å².